The van der Waals surface area contributed by atoms with E-state index in [-0.39, 0.29) is 5.97 Å². The summed E-state index contributed by atoms with van der Waals surface area (Å²) in [6.07, 6.45) is 18.4. The summed E-state index contributed by atoms with van der Waals surface area (Å²) in [5.74, 6) is -0.104. The van der Waals surface area contributed by atoms with Crippen molar-refractivity contribution in [2.45, 2.75) is 65.2 Å². The highest BCUT2D eigenvalue weighted by molar-refractivity contribution is 5.72. The Morgan fingerprint density at radius 3 is 2.64 bits per heavy atom. The fourth-order valence-electron chi connectivity index (χ4n) is 2.96. The lowest BCUT2D eigenvalue weighted by molar-refractivity contribution is -0.142. The second-order valence-electron chi connectivity index (χ2n) is 6.89. The third-order valence-corrected chi connectivity index (χ3v) is 4.58. The van der Waals surface area contributed by atoms with Crippen molar-refractivity contribution < 1.29 is 13.9 Å². The van der Waals surface area contributed by atoms with Crippen LogP contribution in [-0.4, -0.2) is 12.6 Å². The van der Waals surface area contributed by atoms with Crippen LogP contribution < -0.4 is 0 Å². The van der Waals surface area contributed by atoms with Crippen molar-refractivity contribution in [3.8, 4) is 0 Å². The molecule has 0 aromatic carbocycles. The van der Waals surface area contributed by atoms with Gasteiger partial charge in [-0.05, 0) is 76.0 Å². The summed E-state index contributed by atoms with van der Waals surface area (Å²) in [5.41, 5.74) is 5.45. The fraction of sp³-hybridized carbons (Fsp3) is 0.500. The van der Waals surface area contributed by atoms with Gasteiger partial charge in [0.05, 0.1) is 18.9 Å². The first-order valence-corrected chi connectivity index (χ1v) is 9.29. The lowest BCUT2D eigenvalue weighted by Crippen LogP contribution is -2.12. The molecule has 0 unspecified atom stereocenters. The molecule has 136 valence electrons. The molecule has 0 amide bonds. The fourth-order valence-corrected chi connectivity index (χ4v) is 2.96. The predicted octanol–water partition coefficient (Wildman–Crippen LogP) is 5.93. The van der Waals surface area contributed by atoms with Gasteiger partial charge in [0.15, 0.2) is 0 Å². The maximum atomic E-state index is 11.0. The Morgan fingerprint density at radius 1 is 1.12 bits per heavy atom. The first kappa shape index (κ1) is 19.3. The van der Waals surface area contributed by atoms with Crippen LogP contribution in [0.3, 0.4) is 0 Å². The van der Waals surface area contributed by atoms with E-state index in [0.717, 1.165) is 44.9 Å². The van der Waals surface area contributed by atoms with Gasteiger partial charge in [-0.15, -0.1) is 0 Å². The van der Waals surface area contributed by atoms with E-state index in [1.807, 2.05) is 18.4 Å². The number of carbonyl (C=O) groups is 1. The Kier molecular flexibility index (Phi) is 8.30. The maximum Gasteiger partial charge on any atom is 0.309 e. The van der Waals surface area contributed by atoms with Crippen molar-refractivity contribution in [3.05, 3.63) is 59.1 Å². The van der Waals surface area contributed by atoms with Gasteiger partial charge in [0, 0.05) is 0 Å². The Balaban J connectivity index is 1.57. The number of ether oxygens (including phenoxy) is 1. The van der Waals surface area contributed by atoms with Crippen LogP contribution in [0.1, 0.15) is 64.4 Å². The summed E-state index contributed by atoms with van der Waals surface area (Å²) < 4.78 is 10.1. The monoisotopic (exact) mass is 342 g/mol. The number of carbonyl (C=O) groups excluding carboxylic acids is 1. The van der Waals surface area contributed by atoms with Gasteiger partial charge in [-0.3, -0.25) is 4.79 Å². The van der Waals surface area contributed by atoms with E-state index in [1.54, 1.807) is 6.26 Å². The first-order chi connectivity index (χ1) is 12.1. The predicted molar refractivity (Wildman–Crippen MR) is 101 cm³/mol. The smallest absolute Gasteiger partial charge is 0.309 e. The standard InChI is InChI=1S/C22H30O3/c1-18(8-4-10-20-12-13-22(23)25-17-20)6-3-7-19(2)9-5-11-21-14-15-24-16-21/h6,9,12,14-16H,3-5,7-8,10-11,13,17H2,1-2H3. The van der Waals surface area contributed by atoms with Gasteiger partial charge >= 0.3 is 5.97 Å². The molecule has 0 fully saturated rings. The molecule has 0 atom stereocenters. The Bertz CT molecular complexity index is 618. The molecular weight excluding hydrogens is 312 g/mol. The average Bonchev–Trinajstić information content (AvgIpc) is 3.10. The molecule has 1 aromatic rings. The number of allylic oxidation sites excluding steroid dienone is 4. The molecule has 1 aromatic heterocycles. The van der Waals surface area contributed by atoms with Crippen molar-refractivity contribution in [1.82, 2.24) is 0 Å². The van der Waals surface area contributed by atoms with Crippen molar-refractivity contribution in [3.63, 3.8) is 0 Å². The Morgan fingerprint density at radius 2 is 1.92 bits per heavy atom. The number of hydrogen-bond donors (Lipinski definition) is 0. The van der Waals surface area contributed by atoms with Gasteiger partial charge < -0.3 is 9.15 Å². The van der Waals surface area contributed by atoms with Gasteiger partial charge in [0.1, 0.15) is 6.61 Å². The number of esters is 1. The van der Waals surface area contributed by atoms with Gasteiger partial charge in [-0.25, -0.2) is 0 Å². The molecule has 2 rings (SSSR count). The van der Waals surface area contributed by atoms with Crippen molar-refractivity contribution >= 4 is 5.97 Å². The van der Waals surface area contributed by atoms with Crippen molar-refractivity contribution in [2.75, 3.05) is 6.61 Å². The molecule has 0 N–H and O–H groups in total. The molecule has 0 saturated carbocycles. The van der Waals surface area contributed by atoms with Crippen LogP contribution in [-0.2, 0) is 16.0 Å². The minimum absolute atomic E-state index is 0.104. The van der Waals surface area contributed by atoms with Crippen LogP contribution in [0, 0.1) is 0 Å². The third kappa shape index (κ3) is 8.06. The molecule has 0 spiro atoms. The molecule has 1 aliphatic heterocycles. The zero-order valence-corrected chi connectivity index (χ0v) is 15.6. The van der Waals surface area contributed by atoms with Gasteiger partial charge in [-0.2, -0.15) is 0 Å². The van der Waals surface area contributed by atoms with Gasteiger partial charge in [0.2, 0.25) is 0 Å². The zero-order chi connectivity index (χ0) is 17.9. The molecule has 2 heterocycles. The molecule has 3 heteroatoms. The number of hydrogen-bond acceptors (Lipinski definition) is 3. The van der Waals surface area contributed by atoms with E-state index in [2.05, 4.69) is 26.0 Å². The minimum Gasteiger partial charge on any atom is -0.472 e. The average molecular weight is 342 g/mol. The van der Waals surface area contributed by atoms with Crippen LogP contribution in [0.25, 0.3) is 0 Å². The molecule has 25 heavy (non-hydrogen) atoms. The molecule has 0 bridgehead atoms. The molecule has 3 nitrogen and oxygen atoms in total. The summed E-state index contributed by atoms with van der Waals surface area (Å²) >= 11 is 0. The van der Waals surface area contributed by atoms with Crippen LogP contribution >= 0.6 is 0 Å². The van der Waals surface area contributed by atoms with E-state index in [0.29, 0.717) is 13.0 Å². The first-order valence-electron chi connectivity index (χ1n) is 9.29. The number of furan rings is 1. The zero-order valence-electron chi connectivity index (χ0n) is 15.6. The Hall–Kier alpha value is -2.03. The van der Waals surface area contributed by atoms with Crippen LogP contribution in [0.5, 0.6) is 0 Å². The van der Waals surface area contributed by atoms with E-state index in [9.17, 15) is 4.79 Å². The number of rotatable bonds is 10. The third-order valence-electron chi connectivity index (χ3n) is 4.58. The van der Waals surface area contributed by atoms with Crippen LogP contribution in [0.4, 0.5) is 0 Å². The van der Waals surface area contributed by atoms with E-state index < -0.39 is 0 Å². The minimum atomic E-state index is -0.104. The highest BCUT2D eigenvalue weighted by Crippen LogP contribution is 2.17. The highest BCUT2D eigenvalue weighted by Gasteiger charge is 2.10. The second kappa shape index (κ2) is 10.8. The van der Waals surface area contributed by atoms with E-state index in [4.69, 9.17) is 9.15 Å². The summed E-state index contributed by atoms with van der Waals surface area (Å²) in [7, 11) is 0. The second-order valence-corrected chi connectivity index (χ2v) is 6.89. The quantitative estimate of drug-likeness (QED) is 0.391. The summed E-state index contributed by atoms with van der Waals surface area (Å²) in [6, 6.07) is 2.03. The van der Waals surface area contributed by atoms with Crippen molar-refractivity contribution in [2.24, 2.45) is 0 Å². The normalized spacial score (nSPS) is 15.9. The molecule has 0 radical (unpaired) electrons. The van der Waals surface area contributed by atoms with Crippen LogP contribution in [0.15, 0.2) is 58.0 Å². The van der Waals surface area contributed by atoms with Crippen LogP contribution in [0.2, 0.25) is 0 Å². The van der Waals surface area contributed by atoms with Gasteiger partial charge in [-0.1, -0.05) is 29.4 Å². The Labute approximate surface area is 151 Å². The maximum absolute atomic E-state index is 11.0. The summed E-state index contributed by atoms with van der Waals surface area (Å²) in [6.45, 7) is 4.92. The lowest BCUT2D eigenvalue weighted by Gasteiger charge is -2.13. The largest absolute Gasteiger partial charge is 0.472 e. The molecular formula is C22H30O3. The molecule has 1 aliphatic rings. The van der Waals surface area contributed by atoms with E-state index in [1.165, 1.54) is 22.3 Å². The summed E-state index contributed by atoms with van der Waals surface area (Å²) in [5, 5.41) is 0. The lowest BCUT2D eigenvalue weighted by atomic mass is 10.0. The highest BCUT2D eigenvalue weighted by atomic mass is 16.5. The number of aryl methyl sites for hydroxylation is 1. The number of cyclic esters (lactones) is 1. The molecule has 0 aliphatic carbocycles. The summed E-state index contributed by atoms with van der Waals surface area (Å²) in [4.78, 5) is 11.0. The van der Waals surface area contributed by atoms with Crippen molar-refractivity contribution in [1.29, 1.82) is 0 Å². The van der Waals surface area contributed by atoms with E-state index >= 15 is 0 Å². The van der Waals surface area contributed by atoms with Gasteiger partial charge in [0.25, 0.3) is 0 Å². The SMILES string of the molecule is CC(=CCCc1ccoc1)CCC=C(C)CCCC1=CCC(=O)OC1. The molecule has 0 saturated heterocycles. The topological polar surface area (TPSA) is 39.4 Å².